The molecule has 0 fully saturated rings. The molecule has 23 heavy (non-hydrogen) atoms. The summed E-state index contributed by atoms with van der Waals surface area (Å²) in [6.45, 7) is 1.26. The number of ether oxygens (including phenoxy) is 1. The average Bonchev–Trinajstić information content (AvgIpc) is 2.51. The van der Waals surface area contributed by atoms with E-state index in [4.69, 9.17) is 9.84 Å². The lowest BCUT2D eigenvalue weighted by atomic mass is 10.2. The molecule has 8 nitrogen and oxygen atoms in total. The number of hydrogen-bond donors (Lipinski definition) is 1. The lowest BCUT2D eigenvalue weighted by molar-refractivity contribution is -0.140. The van der Waals surface area contributed by atoms with Crippen LogP contribution in [-0.4, -0.2) is 68.9 Å². The number of amides is 1. The summed E-state index contributed by atoms with van der Waals surface area (Å²) >= 11 is 0. The van der Waals surface area contributed by atoms with Crippen LogP contribution in [0.4, 0.5) is 0 Å². The van der Waals surface area contributed by atoms with E-state index in [1.54, 1.807) is 0 Å². The first kappa shape index (κ1) is 18.9. The second-order valence-corrected chi connectivity index (χ2v) is 7.09. The van der Waals surface area contributed by atoms with Crippen molar-refractivity contribution in [3.05, 3.63) is 23.8 Å². The average molecular weight is 344 g/mol. The van der Waals surface area contributed by atoms with E-state index in [0.717, 1.165) is 4.31 Å². The number of carboxylic acid groups (broad SMARTS) is 1. The van der Waals surface area contributed by atoms with E-state index in [-0.39, 0.29) is 16.2 Å². The van der Waals surface area contributed by atoms with Gasteiger partial charge in [0.25, 0.3) is 5.91 Å². The number of rotatable bonds is 6. The van der Waals surface area contributed by atoms with Gasteiger partial charge in [0.1, 0.15) is 11.8 Å². The van der Waals surface area contributed by atoms with Crippen molar-refractivity contribution in [3.63, 3.8) is 0 Å². The SMILES string of the molecule is COc1ccc(S(=O)(=O)N(C)C(C)C(=O)O)cc1C(=O)N(C)C. The third kappa shape index (κ3) is 3.80. The molecule has 1 atom stereocenters. The highest BCUT2D eigenvalue weighted by Gasteiger charge is 2.30. The molecular weight excluding hydrogens is 324 g/mol. The van der Waals surface area contributed by atoms with Gasteiger partial charge in [-0.25, -0.2) is 8.42 Å². The van der Waals surface area contributed by atoms with E-state index in [1.807, 2.05) is 0 Å². The minimum Gasteiger partial charge on any atom is -0.496 e. The predicted octanol–water partition coefficient (Wildman–Crippen LogP) is 0.491. The Balaban J connectivity index is 3.41. The quantitative estimate of drug-likeness (QED) is 0.805. The third-order valence-electron chi connectivity index (χ3n) is 3.39. The van der Waals surface area contributed by atoms with E-state index in [1.165, 1.54) is 58.3 Å². The van der Waals surface area contributed by atoms with Crippen molar-refractivity contribution in [3.8, 4) is 5.75 Å². The van der Waals surface area contributed by atoms with Crippen LogP contribution in [0.1, 0.15) is 17.3 Å². The maximum Gasteiger partial charge on any atom is 0.321 e. The van der Waals surface area contributed by atoms with Gasteiger partial charge in [-0.15, -0.1) is 0 Å². The van der Waals surface area contributed by atoms with Crippen LogP contribution < -0.4 is 4.74 Å². The lowest BCUT2D eigenvalue weighted by Crippen LogP contribution is -2.40. The van der Waals surface area contributed by atoms with Crippen molar-refractivity contribution in [1.82, 2.24) is 9.21 Å². The van der Waals surface area contributed by atoms with Crippen LogP contribution in [0, 0.1) is 0 Å². The van der Waals surface area contributed by atoms with Crippen molar-refractivity contribution >= 4 is 21.9 Å². The molecule has 0 aliphatic carbocycles. The van der Waals surface area contributed by atoms with Crippen molar-refractivity contribution in [1.29, 1.82) is 0 Å². The summed E-state index contributed by atoms with van der Waals surface area (Å²) in [4.78, 5) is 24.3. The van der Waals surface area contributed by atoms with E-state index >= 15 is 0 Å². The molecule has 1 N–H and O–H groups in total. The number of sulfonamides is 1. The number of aliphatic carboxylic acids is 1. The molecule has 0 bridgehead atoms. The molecule has 0 aliphatic rings. The standard InChI is InChI=1S/C14H20N2O6S/c1-9(14(18)19)16(4)23(20,21)10-6-7-12(22-5)11(8-10)13(17)15(2)3/h6-9H,1-5H3,(H,18,19). The summed E-state index contributed by atoms with van der Waals surface area (Å²) in [5.74, 6) is -1.46. The molecule has 0 aliphatic heterocycles. The van der Waals surface area contributed by atoms with Gasteiger partial charge in [0, 0.05) is 21.1 Å². The Morgan fingerprint density at radius 1 is 1.22 bits per heavy atom. The first-order valence-electron chi connectivity index (χ1n) is 6.64. The number of likely N-dealkylation sites (N-methyl/N-ethyl adjacent to an activating group) is 1. The second kappa shape index (κ2) is 6.97. The largest absolute Gasteiger partial charge is 0.496 e. The highest BCUT2D eigenvalue weighted by atomic mass is 32.2. The first-order chi connectivity index (χ1) is 10.5. The normalized spacial score (nSPS) is 12.8. The van der Waals surface area contributed by atoms with E-state index in [0.29, 0.717) is 0 Å². The Labute approximate surface area is 135 Å². The number of nitrogens with zero attached hydrogens (tertiary/aromatic N) is 2. The molecule has 1 amide bonds. The Hall–Kier alpha value is -2.13. The lowest BCUT2D eigenvalue weighted by Gasteiger charge is -2.22. The number of carbonyl (C=O) groups excluding carboxylic acids is 1. The highest BCUT2D eigenvalue weighted by Crippen LogP contribution is 2.25. The molecule has 0 saturated carbocycles. The molecule has 0 radical (unpaired) electrons. The fraction of sp³-hybridized carbons (Fsp3) is 0.429. The highest BCUT2D eigenvalue weighted by molar-refractivity contribution is 7.89. The summed E-state index contributed by atoms with van der Waals surface area (Å²) in [5, 5.41) is 8.97. The molecule has 1 aromatic rings. The van der Waals surface area contributed by atoms with E-state index < -0.39 is 27.9 Å². The van der Waals surface area contributed by atoms with Crippen molar-refractivity contribution in [2.75, 3.05) is 28.3 Å². The van der Waals surface area contributed by atoms with Crippen LogP contribution in [0.5, 0.6) is 5.75 Å². The van der Waals surface area contributed by atoms with Crippen LogP contribution in [0.2, 0.25) is 0 Å². The van der Waals surface area contributed by atoms with Crippen molar-refractivity contribution < 1.29 is 27.9 Å². The Morgan fingerprint density at radius 2 is 1.78 bits per heavy atom. The van der Waals surface area contributed by atoms with Gasteiger partial charge in [-0.05, 0) is 25.1 Å². The van der Waals surface area contributed by atoms with Gasteiger partial charge >= 0.3 is 5.97 Å². The molecule has 1 unspecified atom stereocenters. The summed E-state index contributed by atoms with van der Waals surface area (Å²) in [5.41, 5.74) is 0.0787. The number of carbonyl (C=O) groups is 2. The van der Waals surface area contributed by atoms with Crippen LogP contribution in [0.15, 0.2) is 23.1 Å². The maximum atomic E-state index is 12.5. The molecule has 128 valence electrons. The number of hydrogen-bond acceptors (Lipinski definition) is 5. The fourth-order valence-corrected chi connectivity index (χ4v) is 3.13. The zero-order chi connectivity index (χ0) is 17.9. The molecule has 9 heteroatoms. The summed E-state index contributed by atoms with van der Waals surface area (Å²) in [6.07, 6.45) is 0. The first-order valence-corrected chi connectivity index (χ1v) is 8.08. The van der Waals surface area contributed by atoms with Crippen LogP contribution in [-0.2, 0) is 14.8 Å². The zero-order valence-electron chi connectivity index (χ0n) is 13.6. The van der Waals surface area contributed by atoms with Gasteiger partial charge in [-0.3, -0.25) is 9.59 Å². The molecule has 0 aromatic heterocycles. The Kier molecular flexibility index (Phi) is 5.73. The van der Waals surface area contributed by atoms with Crippen LogP contribution in [0.3, 0.4) is 0 Å². The minimum absolute atomic E-state index is 0.0787. The molecule has 0 spiro atoms. The van der Waals surface area contributed by atoms with Gasteiger partial charge in [-0.1, -0.05) is 0 Å². The van der Waals surface area contributed by atoms with Crippen molar-refractivity contribution in [2.24, 2.45) is 0 Å². The second-order valence-electron chi connectivity index (χ2n) is 5.10. The van der Waals surface area contributed by atoms with Crippen LogP contribution in [0.25, 0.3) is 0 Å². The molecule has 1 aromatic carbocycles. The minimum atomic E-state index is -4.06. The smallest absolute Gasteiger partial charge is 0.321 e. The van der Waals surface area contributed by atoms with Gasteiger partial charge in [0.15, 0.2) is 0 Å². The van der Waals surface area contributed by atoms with E-state index in [9.17, 15) is 18.0 Å². The fourth-order valence-electron chi connectivity index (χ4n) is 1.79. The van der Waals surface area contributed by atoms with Gasteiger partial charge < -0.3 is 14.7 Å². The van der Waals surface area contributed by atoms with Gasteiger partial charge in [0.2, 0.25) is 10.0 Å². The van der Waals surface area contributed by atoms with Crippen molar-refractivity contribution in [2.45, 2.75) is 17.9 Å². The van der Waals surface area contributed by atoms with E-state index in [2.05, 4.69) is 0 Å². The number of carboxylic acids is 1. The van der Waals surface area contributed by atoms with Gasteiger partial charge in [0.05, 0.1) is 17.6 Å². The Bertz CT molecular complexity index is 714. The predicted molar refractivity (Wildman–Crippen MR) is 83.1 cm³/mol. The summed E-state index contributed by atoms with van der Waals surface area (Å²) in [6, 6.07) is 2.57. The van der Waals surface area contributed by atoms with Crippen LogP contribution >= 0.6 is 0 Å². The summed E-state index contributed by atoms with van der Waals surface area (Å²) in [7, 11) is 1.54. The van der Waals surface area contributed by atoms with Gasteiger partial charge in [-0.2, -0.15) is 4.31 Å². The summed E-state index contributed by atoms with van der Waals surface area (Å²) < 4.78 is 30.9. The molecule has 1 rings (SSSR count). The Morgan fingerprint density at radius 3 is 2.22 bits per heavy atom. The molecule has 0 heterocycles. The maximum absolute atomic E-state index is 12.5. The monoisotopic (exact) mass is 344 g/mol. The zero-order valence-corrected chi connectivity index (χ0v) is 14.4. The third-order valence-corrected chi connectivity index (χ3v) is 5.31. The molecule has 0 saturated heterocycles. The molecular formula is C14H20N2O6S. The topological polar surface area (TPSA) is 104 Å². The number of methoxy groups -OCH3 is 1. The number of benzene rings is 1.